The van der Waals surface area contributed by atoms with Gasteiger partial charge in [-0.3, -0.25) is 4.79 Å². The van der Waals surface area contributed by atoms with Gasteiger partial charge in [0.05, 0.1) is 0 Å². The largest absolute Gasteiger partial charge is 0.520 e. The quantitative estimate of drug-likeness (QED) is 0.218. The summed E-state index contributed by atoms with van der Waals surface area (Å²) in [6.45, 7) is 8.47. The average molecular weight is 343 g/mol. The van der Waals surface area contributed by atoms with Gasteiger partial charge in [0.25, 0.3) is 5.97 Å². The van der Waals surface area contributed by atoms with Crippen LogP contribution in [-0.4, -0.2) is 14.3 Å². The van der Waals surface area contributed by atoms with E-state index in [1.807, 2.05) is 0 Å². The monoisotopic (exact) mass is 342 g/mol. The summed E-state index contributed by atoms with van der Waals surface area (Å²) in [5.41, 5.74) is 0. The van der Waals surface area contributed by atoms with Gasteiger partial charge in [0.2, 0.25) is 8.32 Å². The Bertz CT molecular complexity index is 271. The van der Waals surface area contributed by atoms with Gasteiger partial charge in [-0.1, -0.05) is 90.4 Å². The van der Waals surface area contributed by atoms with Crippen molar-refractivity contribution in [3.8, 4) is 0 Å². The Hall–Kier alpha value is -0.313. The van der Waals surface area contributed by atoms with Gasteiger partial charge in [-0.05, 0) is 26.1 Å². The number of hydrogen-bond donors (Lipinski definition) is 0. The fraction of sp³-hybridized carbons (Fsp3) is 0.950. The molecule has 0 saturated heterocycles. The Kier molecular flexibility index (Phi) is 15.0. The van der Waals surface area contributed by atoms with E-state index < -0.39 is 8.32 Å². The van der Waals surface area contributed by atoms with E-state index in [0.717, 1.165) is 6.42 Å². The summed E-state index contributed by atoms with van der Waals surface area (Å²) >= 11 is 0. The molecule has 0 aromatic heterocycles. The lowest BCUT2D eigenvalue weighted by molar-refractivity contribution is -0.135. The third-order valence-corrected chi connectivity index (χ3v) is 4.99. The SMILES string of the molecule is CCCCCCCCCCCCCCCCC(=O)O[Si](C)(C)C. The highest BCUT2D eigenvalue weighted by atomic mass is 28.4. The van der Waals surface area contributed by atoms with Crippen molar-refractivity contribution in [1.82, 2.24) is 0 Å². The first-order chi connectivity index (χ1) is 11.0. The molecule has 0 heterocycles. The molecule has 0 atom stereocenters. The van der Waals surface area contributed by atoms with E-state index in [1.165, 1.54) is 83.5 Å². The minimum atomic E-state index is -1.68. The molecule has 0 aromatic carbocycles. The Morgan fingerprint density at radius 3 is 1.35 bits per heavy atom. The Balaban J connectivity index is 3.15. The van der Waals surface area contributed by atoms with Crippen LogP contribution >= 0.6 is 0 Å². The molecule has 0 aliphatic heterocycles. The first-order valence-corrected chi connectivity index (χ1v) is 13.6. The molecule has 0 fully saturated rings. The zero-order valence-electron chi connectivity index (χ0n) is 16.4. The fourth-order valence-electron chi connectivity index (χ4n) is 2.86. The molecule has 0 amide bonds. The molecule has 2 nitrogen and oxygen atoms in total. The predicted molar refractivity (Wildman–Crippen MR) is 104 cm³/mol. The summed E-state index contributed by atoms with van der Waals surface area (Å²) in [4.78, 5) is 11.6. The molecule has 23 heavy (non-hydrogen) atoms. The van der Waals surface area contributed by atoms with Crippen LogP contribution in [0.2, 0.25) is 19.6 Å². The predicted octanol–water partition coefficient (Wildman–Crippen LogP) is 7.24. The van der Waals surface area contributed by atoms with Crippen molar-refractivity contribution < 1.29 is 9.22 Å². The van der Waals surface area contributed by atoms with Gasteiger partial charge in [-0.2, -0.15) is 0 Å². The molecule has 0 bridgehead atoms. The molecule has 138 valence electrons. The summed E-state index contributed by atoms with van der Waals surface area (Å²) in [6, 6.07) is 0. The van der Waals surface area contributed by atoms with E-state index in [4.69, 9.17) is 4.43 Å². The minimum Gasteiger partial charge on any atom is -0.520 e. The van der Waals surface area contributed by atoms with E-state index >= 15 is 0 Å². The molecule has 0 unspecified atom stereocenters. The standard InChI is InChI=1S/C20H42O2Si/c1-5-6-7-8-9-10-11-12-13-14-15-16-17-18-19-20(21)22-23(2,3)4/h5-19H2,1-4H3. The van der Waals surface area contributed by atoms with Gasteiger partial charge >= 0.3 is 0 Å². The first-order valence-electron chi connectivity index (χ1n) is 10.2. The zero-order valence-corrected chi connectivity index (χ0v) is 17.4. The van der Waals surface area contributed by atoms with Gasteiger partial charge < -0.3 is 4.43 Å². The van der Waals surface area contributed by atoms with E-state index in [1.54, 1.807) is 0 Å². The maximum atomic E-state index is 11.6. The lowest BCUT2D eigenvalue weighted by Gasteiger charge is -2.17. The van der Waals surface area contributed by atoms with Crippen molar-refractivity contribution in [2.45, 2.75) is 123 Å². The van der Waals surface area contributed by atoms with E-state index in [-0.39, 0.29) is 5.97 Å². The average Bonchev–Trinajstić information content (AvgIpc) is 2.46. The molecule has 0 radical (unpaired) electrons. The molecule has 0 rings (SSSR count). The van der Waals surface area contributed by atoms with Crippen molar-refractivity contribution in [1.29, 1.82) is 0 Å². The van der Waals surface area contributed by atoms with Crippen LogP contribution in [0.3, 0.4) is 0 Å². The van der Waals surface area contributed by atoms with Crippen molar-refractivity contribution in [2.24, 2.45) is 0 Å². The van der Waals surface area contributed by atoms with Crippen LogP contribution in [0.15, 0.2) is 0 Å². The van der Waals surface area contributed by atoms with Crippen LogP contribution in [0.4, 0.5) is 0 Å². The van der Waals surface area contributed by atoms with Crippen LogP contribution < -0.4 is 0 Å². The van der Waals surface area contributed by atoms with Crippen molar-refractivity contribution in [3.63, 3.8) is 0 Å². The Labute approximate surface area is 146 Å². The summed E-state index contributed by atoms with van der Waals surface area (Å²) in [5, 5.41) is 0. The molecule has 0 saturated carbocycles. The van der Waals surface area contributed by atoms with Gasteiger partial charge in [-0.25, -0.2) is 0 Å². The fourth-order valence-corrected chi connectivity index (χ4v) is 3.64. The second-order valence-electron chi connectivity index (χ2n) is 7.93. The van der Waals surface area contributed by atoms with E-state index in [0.29, 0.717) is 6.42 Å². The lowest BCUT2D eigenvalue weighted by Crippen LogP contribution is -2.28. The van der Waals surface area contributed by atoms with Gasteiger partial charge in [0, 0.05) is 6.42 Å². The topological polar surface area (TPSA) is 26.3 Å². The van der Waals surface area contributed by atoms with Crippen LogP contribution in [-0.2, 0) is 9.22 Å². The number of unbranched alkanes of at least 4 members (excludes halogenated alkanes) is 13. The molecule has 0 spiro atoms. The van der Waals surface area contributed by atoms with Crippen molar-refractivity contribution in [2.75, 3.05) is 0 Å². The van der Waals surface area contributed by atoms with Crippen molar-refractivity contribution >= 4 is 14.3 Å². The van der Waals surface area contributed by atoms with E-state index in [9.17, 15) is 4.79 Å². The third-order valence-electron chi connectivity index (χ3n) is 4.15. The highest BCUT2D eigenvalue weighted by molar-refractivity contribution is 6.71. The Morgan fingerprint density at radius 1 is 0.652 bits per heavy atom. The highest BCUT2D eigenvalue weighted by Gasteiger charge is 2.19. The number of rotatable bonds is 16. The van der Waals surface area contributed by atoms with Crippen LogP contribution in [0.5, 0.6) is 0 Å². The summed E-state index contributed by atoms with van der Waals surface area (Å²) in [7, 11) is -1.68. The zero-order chi connectivity index (χ0) is 17.4. The molecule has 0 N–H and O–H groups in total. The molecular weight excluding hydrogens is 300 g/mol. The minimum absolute atomic E-state index is 0.0168. The summed E-state index contributed by atoms with van der Waals surface area (Å²) < 4.78 is 5.45. The third kappa shape index (κ3) is 19.6. The molecule has 0 aromatic rings. The number of carbonyl (C=O) groups excluding carboxylic acids is 1. The number of hydrogen-bond acceptors (Lipinski definition) is 2. The van der Waals surface area contributed by atoms with E-state index in [2.05, 4.69) is 26.6 Å². The molecule has 0 aliphatic carbocycles. The second-order valence-corrected chi connectivity index (χ2v) is 12.4. The van der Waals surface area contributed by atoms with Crippen molar-refractivity contribution in [3.05, 3.63) is 0 Å². The summed E-state index contributed by atoms with van der Waals surface area (Å²) in [6.07, 6.45) is 19.5. The van der Waals surface area contributed by atoms with Crippen LogP contribution in [0.1, 0.15) is 103 Å². The Morgan fingerprint density at radius 2 is 1.00 bits per heavy atom. The van der Waals surface area contributed by atoms with Gasteiger partial charge in [-0.15, -0.1) is 0 Å². The molecule has 0 aliphatic rings. The maximum absolute atomic E-state index is 11.6. The molecule has 3 heteroatoms. The van der Waals surface area contributed by atoms with Crippen LogP contribution in [0.25, 0.3) is 0 Å². The van der Waals surface area contributed by atoms with Crippen LogP contribution in [0, 0.1) is 0 Å². The maximum Gasteiger partial charge on any atom is 0.292 e. The van der Waals surface area contributed by atoms with Gasteiger partial charge in [0.1, 0.15) is 0 Å². The first kappa shape index (κ1) is 22.7. The second kappa shape index (κ2) is 15.2. The smallest absolute Gasteiger partial charge is 0.292 e. The highest BCUT2D eigenvalue weighted by Crippen LogP contribution is 2.14. The van der Waals surface area contributed by atoms with Gasteiger partial charge in [0.15, 0.2) is 0 Å². The number of carbonyl (C=O) groups is 1. The summed E-state index contributed by atoms with van der Waals surface area (Å²) in [5.74, 6) is 0.0168. The lowest BCUT2D eigenvalue weighted by atomic mass is 10.0. The normalized spacial score (nSPS) is 11.7. The molecular formula is C20H42O2Si.